The summed E-state index contributed by atoms with van der Waals surface area (Å²) in [7, 11) is 3.74. The molecule has 1 saturated heterocycles. The Morgan fingerprint density at radius 1 is 0.733 bits per heavy atom. The molecule has 3 aliphatic rings. The fourth-order valence-corrected chi connectivity index (χ4v) is 6.40. The number of carbonyl (C=O) groups excluding carboxylic acids is 2. The Labute approximate surface area is 269 Å². The van der Waals surface area contributed by atoms with Crippen molar-refractivity contribution in [2.45, 2.75) is 109 Å². The molecule has 2 aromatic rings. The van der Waals surface area contributed by atoms with E-state index in [1.807, 2.05) is 46.1 Å². The van der Waals surface area contributed by atoms with Crippen molar-refractivity contribution < 1.29 is 9.59 Å². The van der Waals surface area contributed by atoms with E-state index in [0.717, 1.165) is 37.3 Å². The third-order valence-electron chi connectivity index (χ3n) is 9.07. The minimum Gasteiger partial charge on any atom is -0.351 e. The van der Waals surface area contributed by atoms with E-state index in [-0.39, 0.29) is 11.9 Å². The number of carbonyl (C=O) groups is 2. The van der Waals surface area contributed by atoms with Crippen LogP contribution in [0.25, 0.3) is 11.4 Å². The van der Waals surface area contributed by atoms with Gasteiger partial charge in [0.2, 0.25) is 11.9 Å². The van der Waals surface area contributed by atoms with Gasteiger partial charge in [-0.3, -0.25) is 9.69 Å². The predicted octanol–water partition coefficient (Wildman–Crippen LogP) is 5.28. The zero-order chi connectivity index (χ0) is 32.1. The van der Waals surface area contributed by atoms with Gasteiger partial charge in [-0.15, -0.1) is 0 Å². The Hall–Kier alpha value is -3.31. The first-order chi connectivity index (χ1) is 21.8. The fourth-order valence-electron chi connectivity index (χ4n) is 6.40. The molecule has 11 nitrogen and oxygen atoms in total. The van der Waals surface area contributed by atoms with Crippen LogP contribution in [0.3, 0.4) is 0 Å². The zero-order valence-corrected chi connectivity index (χ0v) is 27.9. The minimum atomic E-state index is -0.718. The summed E-state index contributed by atoms with van der Waals surface area (Å²) in [5.41, 5.74) is 0.318. The average molecular weight is 622 g/mol. The quantitative estimate of drug-likeness (QED) is 0.175. The fraction of sp³-hybridized carbons (Fsp3) is 0.676. The smallest absolute Gasteiger partial charge is 0.327 e. The lowest BCUT2D eigenvalue weighted by Crippen LogP contribution is -2.45. The number of nitrogens with zero attached hydrogens (tertiary/aromatic N) is 5. The summed E-state index contributed by atoms with van der Waals surface area (Å²) >= 11 is 0. The van der Waals surface area contributed by atoms with E-state index in [1.165, 1.54) is 69.1 Å². The van der Waals surface area contributed by atoms with Crippen LogP contribution in [0, 0.1) is 0 Å². The standard InChI is InChI=1S/C21H29N5.C13H26N4O2/c1-4-10-16(11-5-1)19-24-20(22-17-12-6-2-7-13-17)26-21(25-19)23-18-14-8-3-9-15-18;1-13(2)11(18)16(9-5-7-14-3)12(19)17(13)10-6-8-15-4/h1,4-5,10-11,17-18H,2-3,6-9,12-15H2,(H2,22,23,24,25,26);14-15H,5-10H2,1-4H3. The highest BCUT2D eigenvalue weighted by molar-refractivity contribution is 6.06. The van der Waals surface area contributed by atoms with Crippen molar-refractivity contribution in [3.05, 3.63) is 30.3 Å². The summed E-state index contributed by atoms with van der Waals surface area (Å²) in [5.74, 6) is 2.09. The second-order valence-electron chi connectivity index (χ2n) is 13.0. The maximum Gasteiger partial charge on any atom is 0.327 e. The molecule has 4 N–H and O–H groups in total. The molecule has 1 aromatic carbocycles. The van der Waals surface area contributed by atoms with Crippen LogP contribution in [0.5, 0.6) is 0 Å². The van der Waals surface area contributed by atoms with Crippen LogP contribution < -0.4 is 21.3 Å². The van der Waals surface area contributed by atoms with E-state index >= 15 is 0 Å². The zero-order valence-electron chi connectivity index (χ0n) is 27.9. The molecule has 11 heteroatoms. The molecule has 45 heavy (non-hydrogen) atoms. The molecule has 0 atom stereocenters. The van der Waals surface area contributed by atoms with Crippen LogP contribution in [0.2, 0.25) is 0 Å². The third-order valence-corrected chi connectivity index (χ3v) is 9.07. The molecule has 0 bridgehead atoms. The molecular formula is C34H55N9O2. The molecule has 1 aromatic heterocycles. The van der Waals surface area contributed by atoms with Crippen molar-refractivity contribution >= 4 is 23.8 Å². The molecule has 3 fully saturated rings. The van der Waals surface area contributed by atoms with Crippen LogP contribution in [0.15, 0.2) is 30.3 Å². The van der Waals surface area contributed by atoms with Crippen LogP contribution >= 0.6 is 0 Å². The van der Waals surface area contributed by atoms with E-state index in [9.17, 15) is 9.59 Å². The molecule has 0 radical (unpaired) electrons. The topological polar surface area (TPSA) is 127 Å². The maximum atomic E-state index is 12.3. The van der Waals surface area contributed by atoms with Crippen LogP contribution in [-0.4, -0.2) is 94.6 Å². The van der Waals surface area contributed by atoms with Crippen molar-refractivity contribution in [1.29, 1.82) is 0 Å². The molecule has 0 spiro atoms. The van der Waals surface area contributed by atoms with Crippen LogP contribution in [-0.2, 0) is 4.79 Å². The van der Waals surface area contributed by atoms with E-state index in [2.05, 4.69) is 33.4 Å². The number of benzene rings is 1. The number of hydrogen-bond acceptors (Lipinski definition) is 9. The highest BCUT2D eigenvalue weighted by Crippen LogP contribution is 2.28. The number of imide groups is 1. The van der Waals surface area contributed by atoms with Gasteiger partial charge in [0.25, 0.3) is 5.91 Å². The first-order valence-electron chi connectivity index (χ1n) is 17.1. The lowest BCUT2D eigenvalue weighted by molar-refractivity contribution is -0.131. The van der Waals surface area contributed by atoms with Gasteiger partial charge in [0.05, 0.1) is 0 Å². The summed E-state index contributed by atoms with van der Waals surface area (Å²) in [5, 5.41) is 13.2. The largest absolute Gasteiger partial charge is 0.351 e. The van der Waals surface area contributed by atoms with Crippen molar-refractivity contribution in [3.63, 3.8) is 0 Å². The molecule has 2 aliphatic carbocycles. The maximum absolute atomic E-state index is 12.3. The number of urea groups is 1. The van der Waals surface area contributed by atoms with Gasteiger partial charge in [-0.2, -0.15) is 15.0 Å². The normalized spacial score (nSPS) is 18.9. The van der Waals surface area contributed by atoms with Gasteiger partial charge in [0.1, 0.15) is 5.54 Å². The molecule has 0 unspecified atom stereocenters. The van der Waals surface area contributed by atoms with Gasteiger partial charge in [0, 0.05) is 30.7 Å². The van der Waals surface area contributed by atoms with Gasteiger partial charge >= 0.3 is 6.03 Å². The first-order valence-corrected chi connectivity index (χ1v) is 17.1. The summed E-state index contributed by atoms with van der Waals surface area (Å²) < 4.78 is 0. The molecule has 3 amide bonds. The van der Waals surface area contributed by atoms with E-state index in [0.29, 0.717) is 37.1 Å². The monoisotopic (exact) mass is 621 g/mol. The lowest BCUT2D eigenvalue weighted by Gasteiger charge is -2.27. The second kappa shape index (κ2) is 17.4. The Kier molecular flexibility index (Phi) is 13.4. The Morgan fingerprint density at radius 2 is 1.24 bits per heavy atom. The van der Waals surface area contributed by atoms with E-state index < -0.39 is 5.54 Å². The van der Waals surface area contributed by atoms with Gasteiger partial charge in [0.15, 0.2) is 5.82 Å². The van der Waals surface area contributed by atoms with Crippen LogP contribution in [0.4, 0.5) is 16.7 Å². The first kappa shape index (κ1) is 34.6. The van der Waals surface area contributed by atoms with Crippen molar-refractivity contribution in [1.82, 2.24) is 35.4 Å². The number of aromatic nitrogens is 3. The summed E-state index contributed by atoms with van der Waals surface area (Å²) in [6, 6.07) is 11.0. The number of anilines is 2. The van der Waals surface area contributed by atoms with E-state index in [4.69, 9.17) is 15.0 Å². The molecule has 5 rings (SSSR count). The Morgan fingerprint density at radius 3 is 1.76 bits per heavy atom. The molecule has 248 valence electrons. The number of nitrogens with one attached hydrogen (secondary N) is 4. The second-order valence-corrected chi connectivity index (χ2v) is 13.0. The Bertz CT molecular complexity index is 1160. The summed E-state index contributed by atoms with van der Waals surface area (Å²) in [6.45, 7) is 6.39. The van der Waals surface area contributed by atoms with Crippen molar-refractivity contribution in [3.8, 4) is 11.4 Å². The third kappa shape index (κ3) is 9.84. The number of hydrogen-bond donors (Lipinski definition) is 4. The van der Waals surface area contributed by atoms with Gasteiger partial charge in [-0.25, -0.2) is 4.79 Å². The lowest BCUT2D eigenvalue weighted by atomic mass is 9.96. The molecular weight excluding hydrogens is 566 g/mol. The Balaban J connectivity index is 0.000000217. The number of rotatable bonds is 13. The van der Waals surface area contributed by atoms with Crippen LogP contribution in [0.1, 0.15) is 90.9 Å². The molecule has 2 heterocycles. The van der Waals surface area contributed by atoms with E-state index in [1.54, 1.807) is 4.90 Å². The van der Waals surface area contributed by atoms with Gasteiger partial charge < -0.3 is 26.2 Å². The van der Waals surface area contributed by atoms with Crippen molar-refractivity contribution in [2.75, 3.05) is 50.9 Å². The SMILES string of the molecule is CNCCCN1C(=O)N(CCCNC)C(C)(C)C1=O.c1ccc(-c2nc(NC3CCCCC3)nc(NC3CCCCC3)n2)cc1. The van der Waals surface area contributed by atoms with Gasteiger partial charge in [-0.05, 0) is 79.6 Å². The van der Waals surface area contributed by atoms with Crippen molar-refractivity contribution in [2.24, 2.45) is 0 Å². The number of amides is 3. The molecule has 1 aliphatic heterocycles. The van der Waals surface area contributed by atoms with Gasteiger partial charge in [-0.1, -0.05) is 68.9 Å². The highest BCUT2D eigenvalue weighted by Gasteiger charge is 2.50. The summed E-state index contributed by atoms with van der Waals surface area (Å²) in [6.07, 6.45) is 14.3. The molecule has 2 saturated carbocycles. The average Bonchev–Trinajstić information content (AvgIpc) is 3.21. The summed E-state index contributed by atoms with van der Waals surface area (Å²) in [4.78, 5) is 41.8. The highest BCUT2D eigenvalue weighted by atomic mass is 16.2. The minimum absolute atomic E-state index is 0.0851. The predicted molar refractivity (Wildman–Crippen MR) is 181 cm³/mol.